The van der Waals surface area contributed by atoms with Gasteiger partial charge in [0.15, 0.2) is 0 Å². The van der Waals surface area contributed by atoms with Gasteiger partial charge in [0, 0.05) is 56.1 Å². The Kier molecular flexibility index (Phi) is 4.73. The van der Waals surface area contributed by atoms with Crippen molar-refractivity contribution in [3.8, 4) is 0 Å². The molecule has 0 aromatic carbocycles. The minimum atomic E-state index is -0.572. The van der Waals surface area contributed by atoms with Gasteiger partial charge in [-0.15, -0.1) is 0 Å². The number of likely N-dealkylation sites (N-methyl/N-ethyl adjacent to an activating group) is 1. The molecule has 0 unspecified atom stereocenters. The Morgan fingerprint density at radius 1 is 1.33 bits per heavy atom. The Labute approximate surface area is 173 Å². The Morgan fingerprint density at radius 3 is 3.07 bits per heavy atom. The molecule has 3 N–H and O–H groups in total. The molecular formula is C21H25N7O2. The lowest BCUT2D eigenvalue weighted by Crippen LogP contribution is -2.46. The number of aromatic amines is 1. The van der Waals surface area contributed by atoms with E-state index in [1.54, 1.807) is 12.4 Å². The molecule has 3 aromatic heterocycles. The third-order valence-corrected chi connectivity index (χ3v) is 5.81. The molecule has 0 saturated carbocycles. The molecule has 1 fully saturated rings. The lowest BCUT2D eigenvalue weighted by Gasteiger charge is -2.34. The summed E-state index contributed by atoms with van der Waals surface area (Å²) in [4.78, 5) is 31.5. The number of fused-ring (bicyclic) bond motifs is 2. The number of H-pyrrole nitrogens is 1. The van der Waals surface area contributed by atoms with Crippen LogP contribution in [0.25, 0.3) is 10.9 Å². The monoisotopic (exact) mass is 407 g/mol. The first kappa shape index (κ1) is 19.1. The van der Waals surface area contributed by atoms with E-state index >= 15 is 0 Å². The van der Waals surface area contributed by atoms with Gasteiger partial charge in [0.25, 0.3) is 5.56 Å². The molecule has 156 valence electrons. The lowest BCUT2D eigenvalue weighted by atomic mass is 9.98. The van der Waals surface area contributed by atoms with E-state index in [2.05, 4.69) is 37.5 Å². The number of aromatic nitrogens is 4. The summed E-state index contributed by atoms with van der Waals surface area (Å²) in [6.45, 7) is 5.85. The molecule has 0 bridgehead atoms. The van der Waals surface area contributed by atoms with Crippen LogP contribution in [0.5, 0.6) is 0 Å². The summed E-state index contributed by atoms with van der Waals surface area (Å²) in [6, 6.07) is 3.78. The van der Waals surface area contributed by atoms with Gasteiger partial charge in [-0.05, 0) is 31.7 Å². The highest BCUT2D eigenvalue weighted by molar-refractivity contribution is 5.81. The minimum absolute atomic E-state index is 0.166. The number of nitrogens with zero attached hydrogens (tertiary/aromatic N) is 4. The first-order valence-corrected chi connectivity index (χ1v) is 10.2. The molecule has 9 nitrogen and oxygen atoms in total. The summed E-state index contributed by atoms with van der Waals surface area (Å²) >= 11 is 0. The van der Waals surface area contributed by atoms with Crippen molar-refractivity contribution < 1.29 is 4.74 Å². The normalized spacial score (nSPS) is 22.1. The minimum Gasteiger partial charge on any atom is -0.366 e. The topological polar surface area (TPSA) is 108 Å². The predicted molar refractivity (Wildman–Crippen MR) is 114 cm³/mol. The fourth-order valence-corrected chi connectivity index (χ4v) is 4.14. The molecule has 1 atom stereocenters. The van der Waals surface area contributed by atoms with Gasteiger partial charge in [-0.1, -0.05) is 0 Å². The van der Waals surface area contributed by atoms with Crippen molar-refractivity contribution in [3.63, 3.8) is 0 Å². The van der Waals surface area contributed by atoms with E-state index in [0.717, 1.165) is 53.9 Å². The van der Waals surface area contributed by atoms with Crippen LogP contribution in [0, 0.1) is 0 Å². The summed E-state index contributed by atoms with van der Waals surface area (Å²) in [7, 11) is 2.07. The molecule has 5 rings (SSSR count). The number of hydrogen-bond acceptors (Lipinski definition) is 8. The van der Waals surface area contributed by atoms with Gasteiger partial charge in [0.1, 0.15) is 16.8 Å². The SMILES string of the molecule is CN1CCc2[nH]c(=O)c(Nc3ncc4ccnc([C@@]5(C)CNCCO5)c4n3)cc2C1. The van der Waals surface area contributed by atoms with Crippen LogP contribution >= 0.6 is 0 Å². The van der Waals surface area contributed by atoms with Crippen molar-refractivity contribution in [2.24, 2.45) is 0 Å². The molecule has 2 aliphatic heterocycles. The highest BCUT2D eigenvalue weighted by Crippen LogP contribution is 2.30. The Morgan fingerprint density at radius 2 is 2.23 bits per heavy atom. The van der Waals surface area contributed by atoms with Crippen LogP contribution in [-0.2, 0) is 23.3 Å². The van der Waals surface area contributed by atoms with Gasteiger partial charge in [0.2, 0.25) is 5.95 Å². The average Bonchev–Trinajstić information content (AvgIpc) is 2.74. The van der Waals surface area contributed by atoms with Crippen molar-refractivity contribution >= 4 is 22.5 Å². The quantitative estimate of drug-likeness (QED) is 0.596. The van der Waals surface area contributed by atoms with Crippen molar-refractivity contribution in [1.82, 2.24) is 30.2 Å². The highest BCUT2D eigenvalue weighted by atomic mass is 16.5. The smallest absolute Gasteiger partial charge is 0.271 e. The number of rotatable bonds is 3. The predicted octanol–water partition coefficient (Wildman–Crippen LogP) is 1.28. The van der Waals surface area contributed by atoms with E-state index in [-0.39, 0.29) is 5.56 Å². The van der Waals surface area contributed by atoms with Gasteiger partial charge >= 0.3 is 0 Å². The fraction of sp³-hybridized carbons (Fsp3) is 0.429. The first-order valence-electron chi connectivity index (χ1n) is 10.2. The highest BCUT2D eigenvalue weighted by Gasteiger charge is 2.33. The zero-order valence-electron chi connectivity index (χ0n) is 17.2. The number of anilines is 2. The Bertz CT molecular complexity index is 1150. The maximum Gasteiger partial charge on any atom is 0.271 e. The number of ether oxygens (including phenoxy) is 1. The second-order valence-corrected chi connectivity index (χ2v) is 8.18. The third kappa shape index (κ3) is 3.45. The summed E-state index contributed by atoms with van der Waals surface area (Å²) < 4.78 is 6.04. The van der Waals surface area contributed by atoms with Crippen LogP contribution in [0.1, 0.15) is 23.9 Å². The van der Waals surface area contributed by atoms with E-state index in [1.165, 1.54) is 0 Å². The Balaban J connectivity index is 1.52. The van der Waals surface area contributed by atoms with E-state index in [0.29, 0.717) is 24.8 Å². The van der Waals surface area contributed by atoms with Gasteiger partial charge in [-0.25, -0.2) is 9.97 Å². The molecular weight excluding hydrogens is 382 g/mol. The van der Waals surface area contributed by atoms with E-state index < -0.39 is 5.60 Å². The van der Waals surface area contributed by atoms with Crippen LogP contribution in [0.3, 0.4) is 0 Å². The molecule has 0 aliphatic carbocycles. The van der Waals surface area contributed by atoms with Crippen LogP contribution in [0.2, 0.25) is 0 Å². The molecule has 3 aromatic rings. The number of nitrogens with one attached hydrogen (secondary N) is 3. The van der Waals surface area contributed by atoms with Gasteiger partial charge in [-0.3, -0.25) is 9.78 Å². The zero-order chi connectivity index (χ0) is 20.7. The van der Waals surface area contributed by atoms with Gasteiger partial charge in [-0.2, -0.15) is 0 Å². The third-order valence-electron chi connectivity index (χ3n) is 5.81. The van der Waals surface area contributed by atoms with Gasteiger partial charge in [0.05, 0.1) is 12.3 Å². The van der Waals surface area contributed by atoms with Gasteiger partial charge < -0.3 is 25.3 Å². The summed E-state index contributed by atoms with van der Waals surface area (Å²) in [5.41, 5.74) is 3.30. The largest absolute Gasteiger partial charge is 0.366 e. The van der Waals surface area contributed by atoms with E-state index in [4.69, 9.17) is 9.72 Å². The molecule has 2 aliphatic rings. The van der Waals surface area contributed by atoms with Crippen LogP contribution in [-0.4, -0.2) is 58.1 Å². The van der Waals surface area contributed by atoms with Crippen LogP contribution in [0.4, 0.5) is 11.6 Å². The van der Waals surface area contributed by atoms with Crippen LogP contribution < -0.4 is 16.2 Å². The maximum absolute atomic E-state index is 12.6. The number of morpholine rings is 1. The molecule has 0 radical (unpaired) electrons. The molecule has 30 heavy (non-hydrogen) atoms. The van der Waals surface area contributed by atoms with E-state index in [1.807, 2.05) is 19.1 Å². The van der Waals surface area contributed by atoms with Crippen molar-refractivity contribution in [2.45, 2.75) is 25.5 Å². The Hall–Kier alpha value is -2.88. The molecule has 5 heterocycles. The maximum atomic E-state index is 12.6. The summed E-state index contributed by atoms with van der Waals surface area (Å²) in [6.07, 6.45) is 4.34. The molecule has 0 amide bonds. The summed E-state index contributed by atoms with van der Waals surface area (Å²) in [5.74, 6) is 0.360. The molecule has 9 heteroatoms. The average molecular weight is 407 g/mol. The van der Waals surface area contributed by atoms with Crippen LogP contribution in [0.15, 0.2) is 29.3 Å². The van der Waals surface area contributed by atoms with E-state index in [9.17, 15) is 4.79 Å². The zero-order valence-corrected chi connectivity index (χ0v) is 17.2. The number of hydrogen-bond donors (Lipinski definition) is 3. The number of pyridine rings is 2. The van der Waals surface area contributed by atoms with Crippen molar-refractivity contribution in [3.05, 3.63) is 51.8 Å². The second kappa shape index (κ2) is 7.42. The first-order chi connectivity index (χ1) is 14.5. The second-order valence-electron chi connectivity index (χ2n) is 8.18. The van der Waals surface area contributed by atoms with Crippen molar-refractivity contribution in [1.29, 1.82) is 0 Å². The molecule has 1 saturated heterocycles. The standard InChI is InChI=1S/C21H25N7O2/c1-21(12-22-6-8-30-21)18-17-13(3-5-23-18)10-24-20(27-17)26-16-9-14-11-28(2)7-4-15(14)25-19(16)29/h3,5,9-10,22H,4,6-8,11-12H2,1-2H3,(H,25,29)(H,24,26,27)/t21-/m1/s1. The summed E-state index contributed by atoms with van der Waals surface area (Å²) in [5, 5.41) is 7.34. The van der Waals surface area contributed by atoms with Crippen molar-refractivity contribution in [2.75, 3.05) is 38.6 Å². The fourth-order valence-electron chi connectivity index (χ4n) is 4.14. The molecule has 0 spiro atoms. The lowest BCUT2D eigenvalue weighted by molar-refractivity contribution is -0.0591.